The molecule has 0 aliphatic carbocycles. The predicted octanol–water partition coefficient (Wildman–Crippen LogP) is 4.86. The Bertz CT molecular complexity index is 531. The van der Waals surface area contributed by atoms with Crippen molar-refractivity contribution in [3.05, 3.63) is 57.8 Å². The predicted molar refractivity (Wildman–Crippen MR) is 77.7 cm³/mol. The number of rotatable bonds is 4. The lowest BCUT2D eigenvalue weighted by atomic mass is 10.2. The zero-order valence-electron chi connectivity index (χ0n) is 9.37. The SMILES string of the molecule is Clc1ccc(COc2ccc(CBr)nc2)cc1Cl. The van der Waals surface area contributed by atoms with Gasteiger partial charge >= 0.3 is 0 Å². The number of hydrogen-bond donors (Lipinski definition) is 0. The van der Waals surface area contributed by atoms with Crippen molar-refractivity contribution in [1.82, 2.24) is 4.98 Å². The van der Waals surface area contributed by atoms with E-state index in [1.165, 1.54) is 0 Å². The Morgan fingerprint density at radius 3 is 2.56 bits per heavy atom. The third-order valence-electron chi connectivity index (χ3n) is 2.32. The van der Waals surface area contributed by atoms with Crippen LogP contribution in [0.25, 0.3) is 0 Å². The summed E-state index contributed by atoms with van der Waals surface area (Å²) in [6.45, 7) is 0.437. The standard InChI is InChI=1S/C13H10BrCl2NO/c14-6-10-2-3-11(7-17-10)18-8-9-1-4-12(15)13(16)5-9/h1-5,7H,6,8H2. The minimum atomic E-state index is 0.437. The van der Waals surface area contributed by atoms with E-state index in [9.17, 15) is 0 Å². The molecular weight excluding hydrogens is 337 g/mol. The van der Waals surface area contributed by atoms with Gasteiger partial charge in [-0.05, 0) is 29.8 Å². The van der Waals surface area contributed by atoms with Crippen LogP contribution >= 0.6 is 39.1 Å². The molecule has 1 heterocycles. The van der Waals surface area contributed by atoms with Crippen LogP contribution in [-0.2, 0) is 11.9 Å². The van der Waals surface area contributed by atoms with E-state index in [4.69, 9.17) is 27.9 Å². The second-order valence-electron chi connectivity index (χ2n) is 3.66. The van der Waals surface area contributed by atoms with E-state index in [0.29, 0.717) is 16.7 Å². The van der Waals surface area contributed by atoms with Crippen molar-refractivity contribution in [3.63, 3.8) is 0 Å². The van der Waals surface area contributed by atoms with E-state index in [1.807, 2.05) is 18.2 Å². The molecule has 2 rings (SSSR count). The summed E-state index contributed by atoms with van der Waals surface area (Å²) in [7, 11) is 0. The summed E-state index contributed by atoms with van der Waals surface area (Å²) in [5.74, 6) is 0.728. The largest absolute Gasteiger partial charge is 0.487 e. The van der Waals surface area contributed by atoms with Gasteiger partial charge in [-0.15, -0.1) is 0 Å². The maximum atomic E-state index is 5.93. The van der Waals surface area contributed by atoms with Gasteiger partial charge in [0.2, 0.25) is 0 Å². The van der Waals surface area contributed by atoms with Gasteiger partial charge in [-0.25, -0.2) is 0 Å². The fraction of sp³-hybridized carbons (Fsp3) is 0.154. The van der Waals surface area contributed by atoms with Gasteiger partial charge < -0.3 is 4.74 Å². The van der Waals surface area contributed by atoms with Gasteiger partial charge in [-0.3, -0.25) is 4.98 Å². The second kappa shape index (κ2) is 6.41. The average Bonchev–Trinajstić information content (AvgIpc) is 2.41. The van der Waals surface area contributed by atoms with Crippen LogP contribution in [0.5, 0.6) is 5.75 Å². The Labute approximate surface area is 124 Å². The molecule has 94 valence electrons. The second-order valence-corrected chi connectivity index (χ2v) is 5.03. The molecule has 0 aliphatic heterocycles. The minimum Gasteiger partial charge on any atom is -0.487 e. The topological polar surface area (TPSA) is 22.1 Å². The third-order valence-corrected chi connectivity index (χ3v) is 3.64. The van der Waals surface area contributed by atoms with Crippen LogP contribution in [0.1, 0.15) is 11.3 Å². The van der Waals surface area contributed by atoms with Crippen molar-refractivity contribution in [2.45, 2.75) is 11.9 Å². The highest BCUT2D eigenvalue weighted by Gasteiger charge is 2.01. The van der Waals surface area contributed by atoms with Gasteiger partial charge in [0, 0.05) is 5.33 Å². The molecule has 2 aromatic rings. The van der Waals surface area contributed by atoms with Crippen molar-refractivity contribution in [3.8, 4) is 5.75 Å². The first kappa shape index (κ1) is 13.7. The van der Waals surface area contributed by atoms with Gasteiger partial charge in [0.15, 0.2) is 0 Å². The summed E-state index contributed by atoms with van der Waals surface area (Å²) in [6, 6.07) is 9.24. The van der Waals surface area contributed by atoms with Crippen LogP contribution < -0.4 is 4.74 Å². The lowest BCUT2D eigenvalue weighted by Gasteiger charge is -2.07. The molecule has 0 fully saturated rings. The lowest BCUT2D eigenvalue weighted by molar-refractivity contribution is 0.305. The molecule has 0 atom stereocenters. The molecule has 1 aromatic heterocycles. The Kier molecular flexibility index (Phi) is 4.87. The first-order chi connectivity index (χ1) is 8.69. The summed E-state index contributed by atoms with van der Waals surface area (Å²) in [6.07, 6.45) is 1.70. The zero-order valence-corrected chi connectivity index (χ0v) is 12.5. The molecular formula is C13H10BrCl2NO. The van der Waals surface area contributed by atoms with Crippen molar-refractivity contribution in [2.24, 2.45) is 0 Å². The van der Waals surface area contributed by atoms with E-state index < -0.39 is 0 Å². The summed E-state index contributed by atoms with van der Waals surface area (Å²) >= 11 is 15.1. The number of ether oxygens (including phenoxy) is 1. The summed E-state index contributed by atoms with van der Waals surface area (Å²) in [4.78, 5) is 4.22. The van der Waals surface area contributed by atoms with Crippen molar-refractivity contribution in [1.29, 1.82) is 0 Å². The maximum absolute atomic E-state index is 5.93. The van der Waals surface area contributed by atoms with Crippen molar-refractivity contribution >= 4 is 39.1 Å². The molecule has 0 saturated heterocycles. The molecule has 1 aromatic carbocycles. The minimum absolute atomic E-state index is 0.437. The van der Waals surface area contributed by atoms with Gasteiger partial charge in [0.1, 0.15) is 12.4 Å². The quantitative estimate of drug-likeness (QED) is 0.737. The van der Waals surface area contributed by atoms with E-state index in [-0.39, 0.29) is 0 Å². The number of hydrogen-bond acceptors (Lipinski definition) is 2. The van der Waals surface area contributed by atoms with Crippen molar-refractivity contribution in [2.75, 3.05) is 0 Å². The number of pyridine rings is 1. The van der Waals surface area contributed by atoms with Crippen LogP contribution in [-0.4, -0.2) is 4.98 Å². The molecule has 0 unspecified atom stereocenters. The number of nitrogens with zero attached hydrogens (tertiary/aromatic N) is 1. The third kappa shape index (κ3) is 3.61. The average molecular weight is 347 g/mol. The molecule has 0 amide bonds. The first-order valence-electron chi connectivity index (χ1n) is 5.26. The number of alkyl halides is 1. The van der Waals surface area contributed by atoms with E-state index >= 15 is 0 Å². The van der Waals surface area contributed by atoms with Crippen LogP contribution in [0.3, 0.4) is 0 Å². The fourth-order valence-corrected chi connectivity index (χ4v) is 2.02. The van der Waals surface area contributed by atoms with Gasteiger partial charge in [-0.1, -0.05) is 45.2 Å². The van der Waals surface area contributed by atoms with Crippen molar-refractivity contribution < 1.29 is 4.74 Å². The molecule has 18 heavy (non-hydrogen) atoms. The van der Waals surface area contributed by atoms with Gasteiger partial charge in [-0.2, -0.15) is 0 Å². The number of benzene rings is 1. The molecule has 0 aliphatic rings. The normalized spacial score (nSPS) is 10.4. The van der Waals surface area contributed by atoms with E-state index in [2.05, 4.69) is 20.9 Å². The first-order valence-corrected chi connectivity index (χ1v) is 7.14. The Hall–Kier alpha value is -0.770. The molecule has 0 radical (unpaired) electrons. The highest BCUT2D eigenvalue weighted by Crippen LogP contribution is 2.23. The summed E-state index contributed by atoms with van der Waals surface area (Å²) in [5, 5.41) is 1.81. The van der Waals surface area contributed by atoms with E-state index in [0.717, 1.165) is 22.3 Å². The van der Waals surface area contributed by atoms with E-state index in [1.54, 1.807) is 18.3 Å². The maximum Gasteiger partial charge on any atom is 0.138 e. The number of halogens is 3. The smallest absolute Gasteiger partial charge is 0.138 e. The van der Waals surface area contributed by atoms with Crippen LogP contribution in [0.15, 0.2) is 36.5 Å². The Morgan fingerprint density at radius 1 is 1.11 bits per heavy atom. The van der Waals surface area contributed by atoms with Crippen LogP contribution in [0, 0.1) is 0 Å². The van der Waals surface area contributed by atoms with Gasteiger partial charge in [0.25, 0.3) is 0 Å². The highest BCUT2D eigenvalue weighted by molar-refractivity contribution is 9.08. The van der Waals surface area contributed by atoms with Crippen LogP contribution in [0.4, 0.5) is 0 Å². The number of aromatic nitrogens is 1. The molecule has 0 spiro atoms. The Balaban J connectivity index is 1.99. The molecule has 0 N–H and O–H groups in total. The zero-order chi connectivity index (χ0) is 13.0. The fourth-order valence-electron chi connectivity index (χ4n) is 1.37. The molecule has 5 heteroatoms. The molecule has 0 saturated carbocycles. The highest BCUT2D eigenvalue weighted by atomic mass is 79.9. The van der Waals surface area contributed by atoms with Gasteiger partial charge in [0.05, 0.1) is 21.9 Å². The molecule has 2 nitrogen and oxygen atoms in total. The van der Waals surface area contributed by atoms with Crippen LogP contribution in [0.2, 0.25) is 10.0 Å². The summed E-state index contributed by atoms with van der Waals surface area (Å²) in [5.41, 5.74) is 1.94. The Morgan fingerprint density at radius 2 is 1.94 bits per heavy atom. The molecule has 0 bridgehead atoms. The lowest BCUT2D eigenvalue weighted by Crippen LogP contribution is -1.96. The summed E-state index contributed by atoms with van der Waals surface area (Å²) < 4.78 is 5.61. The monoisotopic (exact) mass is 345 g/mol.